The maximum absolute atomic E-state index is 13.4. The number of benzene rings is 1. The third-order valence-corrected chi connectivity index (χ3v) is 6.16. The molecule has 0 atom stereocenters. The Morgan fingerprint density at radius 2 is 1.77 bits per heavy atom. The Kier molecular flexibility index (Phi) is 7.60. The van der Waals surface area contributed by atoms with Crippen LogP contribution >= 0.6 is 0 Å². The van der Waals surface area contributed by atoms with Crippen molar-refractivity contribution in [2.24, 2.45) is 10.9 Å². The molecule has 1 aromatic carbocycles. The van der Waals surface area contributed by atoms with Crippen LogP contribution in [0.3, 0.4) is 0 Å². The zero-order valence-electron chi connectivity index (χ0n) is 21.4. The Hall–Kier alpha value is -2.55. The monoisotopic (exact) mass is 495 g/mol. The standard InChI is InChI=1S/C26H36F3N3O3/c1-7-31-21(24(2,3)4)14-22(32(31)15-17-9-8-10-17)30-23(33)19-13-18(26(27,28)29)11-12-20(19)35-16-25(5,6)34/h11-14,17,34H,7-10,15-16H2,1-6H3. The lowest BCUT2D eigenvalue weighted by Crippen LogP contribution is -2.31. The van der Waals surface area contributed by atoms with Gasteiger partial charge in [0.2, 0.25) is 0 Å². The molecule has 0 bridgehead atoms. The van der Waals surface area contributed by atoms with Crippen LogP contribution in [0.4, 0.5) is 13.2 Å². The third kappa shape index (κ3) is 6.57. The molecule has 1 aliphatic carbocycles. The van der Waals surface area contributed by atoms with Gasteiger partial charge in [-0.2, -0.15) is 18.2 Å². The largest absolute Gasteiger partial charge is 0.490 e. The summed E-state index contributed by atoms with van der Waals surface area (Å²) in [5.74, 6) is -0.389. The Balaban J connectivity index is 2.13. The van der Waals surface area contributed by atoms with E-state index in [9.17, 15) is 23.1 Å². The number of carbonyl (C=O) groups excluding carboxylic acids is 1. The summed E-state index contributed by atoms with van der Waals surface area (Å²) in [6.07, 6.45) is -1.26. The van der Waals surface area contributed by atoms with Crippen molar-refractivity contribution < 1.29 is 27.8 Å². The molecule has 0 radical (unpaired) electrons. The van der Waals surface area contributed by atoms with Crippen molar-refractivity contribution in [1.29, 1.82) is 0 Å². The predicted molar refractivity (Wildman–Crippen MR) is 127 cm³/mol. The Bertz CT molecular complexity index is 1130. The van der Waals surface area contributed by atoms with Crippen LogP contribution in [0.2, 0.25) is 0 Å². The zero-order chi connectivity index (χ0) is 26.2. The quantitative estimate of drug-likeness (QED) is 0.566. The van der Waals surface area contributed by atoms with Gasteiger partial charge < -0.3 is 9.84 Å². The average Bonchev–Trinajstić information content (AvgIpc) is 3.05. The summed E-state index contributed by atoms with van der Waals surface area (Å²) in [5.41, 5.74) is -1.29. The zero-order valence-corrected chi connectivity index (χ0v) is 21.4. The van der Waals surface area contributed by atoms with E-state index in [0.29, 0.717) is 24.5 Å². The smallest absolute Gasteiger partial charge is 0.416 e. The molecule has 194 valence electrons. The molecule has 0 saturated heterocycles. The number of nitrogens with zero attached hydrogens (tertiary/aromatic N) is 3. The van der Waals surface area contributed by atoms with Gasteiger partial charge in [0, 0.05) is 30.3 Å². The van der Waals surface area contributed by atoms with Crippen molar-refractivity contribution in [2.45, 2.75) is 91.1 Å². The first kappa shape index (κ1) is 27.0. The SMILES string of the molecule is CCn1c(C(C)(C)C)cc(=NC(=O)c2cc(C(F)(F)F)ccc2OCC(C)(C)O)n1CC1CCC1. The van der Waals surface area contributed by atoms with Crippen molar-refractivity contribution in [3.8, 4) is 5.75 Å². The Morgan fingerprint density at radius 1 is 1.11 bits per heavy atom. The number of aromatic nitrogens is 2. The van der Waals surface area contributed by atoms with Crippen LogP contribution in [-0.4, -0.2) is 32.6 Å². The van der Waals surface area contributed by atoms with Crippen molar-refractivity contribution in [1.82, 2.24) is 9.36 Å². The predicted octanol–water partition coefficient (Wildman–Crippen LogP) is 5.32. The molecule has 1 fully saturated rings. The molecule has 35 heavy (non-hydrogen) atoms. The lowest BCUT2D eigenvalue weighted by Gasteiger charge is -2.28. The molecule has 1 aromatic heterocycles. The minimum absolute atomic E-state index is 0.0506. The van der Waals surface area contributed by atoms with E-state index in [0.717, 1.165) is 36.7 Å². The molecule has 3 rings (SSSR count). The van der Waals surface area contributed by atoms with E-state index < -0.39 is 23.2 Å². The van der Waals surface area contributed by atoms with Crippen LogP contribution in [0.25, 0.3) is 0 Å². The van der Waals surface area contributed by atoms with E-state index in [-0.39, 0.29) is 23.3 Å². The summed E-state index contributed by atoms with van der Waals surface area (Å²) in [7, 11) is 0. The molecule has 1 aliphatic rings. The summed E-state index contributed by atoms with van der Waals surface area (Å²) < 4.78 is 49.9. The van der Waals surface area contributed by atoms with E-state index in [1.807, 2.05) is 17.7 Å². The van der Waals surface area contributed by atoms with Crippen LogP contribution in [-0.2, 0) is 24.7 Å². The highest BCUT2D eigenvalue weighted by Gasteiger charge is 2.32. The number of alkyl halides is 3. The van der Waals surface area contributed by atoms with E-state index in [2.05, 4.69) is 30.4 Å². The van der Waals surface area contributed by atoms with Gasteiger partial charge in [0.1, 0.15) is 12.4 Å². The molecule has 1 heterocycles. The number of halogens is 3. The summed E-state index contributed by atoms with van der Waals surface area (Å²) in [4.78, 5) is 17.6. The van der Waals surface area contributed by atoms with Gasteiger partial charge in [0.25, 0.3) is 5.91 Å². The molecule has 0 unspecified atom stereocenters. The number of aliphatic hydroxyl groups is 1. The van der Waals surface area contributed by atoms with E-state index >= 15 is 0 Å². The number of carbonyl (C=O) groups is 1. The van der Waals surface area contributed by atoms with Gasteiger partial charge in [-0.1, -0.05) is 27.2 Å². The van der Waals surface area contributed by atoms with Crippen molar-refractivity contribution in [3.63, 3.8) is 0 Å². The maximum Gasteiger partial charge on any atom is 0.416 e. The first-order chi connectivity index (χ1) is 16.1. The molecule has 6 nitrogen and oxygen atoms in total. The fourth-order valence-corrected chi connectivity index (χ4v) is 4.09. The molecule has 1 amide bonds. The van der Waals surface area contributed by atoms with E-state index in [4.69, 9.17) is 4.74 Å². The molecule has 1 saturated carbocycles. The highest BCUT2D eigenvalue weighted by Crippen LogP contribution is 2.33. The van der Waals surface area contributed by atoms with Crippen LogP contribution in [0.15, 0.2) is 29.3 Å². The fraction of sp³-hybridized carbons (Fsp3) is 0.615. The number of hydrogen-bond donors (Lipinski definition) is 1. The van der Waals surface area contributed by atoms with Crippen LogP contribution in [0.5, 0.6) is 5.75 Å². The lowest BCUT2D eigenvalue weighted by molar-refractivity contribution is -0.137. The molecule has 2 aromatic rings. The highest BCUT2D eigenvalue weighted by molar-refractivity contribution is 5.97. The third-order valence-electron chi connectivity index (χ3n) is 6.16. The molecule has 1 N–H and O–H groups in total. The van der Waals surface area contributed by atoms with Gasteiger partial charge in [-0.25, -0.2) is 0 Å². The molecule has 0 aliphatic heterocycles. The minimum atomic E-state index is -4.63. The number of rotatable bonds is 7. The lowest BCUT2D eigenvalue weighted by atomic mass is 9.85. The van der Waals surface area contributed by atoms with Crippen molar-refractivity contribution >= 4 is 5.91 Å². The Labute approximate surface area is 204 Å². The normalized spacial score (nSPS) is 15.9. The van der Waals surface area contributed by atoms with Gasteiger partial charge in [-0.3, -0.25) is 14.2 Å². The number of hydrogen-bond acceptors (Lipinski definition) is 3. The average molecular weight is 496 g/mol. The summed E-state index contributed by atoms with van der Waals surface area (Å²) >= 11 is 0. The van der Waals surface area contributed by atoms with Gasteiger partial charge in [0.05, 0.1) is 16.7 Å². The van der Waals surface area contributed by atoms with Crippen LogP contribution in [0, 0.1) is 5.92 Å². The first-order valence-corrected chi connectivity index (χ1v) is 12.1. The van der Waals surface area contributed by atoms with Gasteiger partial charge in [0.15, 0.2) is 5.49 Å². The summed E-state index contributed by atoms with van der Waals surface area (Å²) in [6, 6.07) is 4.59. The van der Waals surface area contributed by atoms with E-state index in [1.54, 1.807) is 0 Å². The maximum atomic E-state index is 13.4. The van der Waals surface area contributed by atoms with E-state index in [1.165, 1.54) is 20.3 Å². The summed E-state index contributed by atoms with van der Waals surface area (Å²) in [5, 5.41) is 9.99. The molecular formula is C26H36F3N3O3. The van der Waals surface area contributed by atoms with Crippen LogP contribution in [0.1, 0.15) is 82.4 Å². The van der Waals surface area contributed by atoms with Gasteiger partial charge >= 0.3 is 6.18 Å². The second kappa shape index (κ2) is 9.84. The van der Waals surface area contributed by atoms with Gasteiger partial charge in [-0.15, -0.1) is 0 Å². The Morgan fingerprint density at radius 3 is 2.26 bits per heavy atom. The summed E-state index contributed by atoms with van der Waals surface area (Å²) in [6.45, 7) is 12.4. The molecule has 0 spiro atoms. The number of ether oxygens (including phenoxy) is 1. The highest BCUT2D eigenvalue weighted by atomic mass is 19.4. The van der Waals surface area contributed by atoms with Gasteiger partial charge in [-0.05, 0) is 57.7 Å². The van der Waals surface area contributed by atoms with Crippen molar-refractivity contribution in [3.05, 3.63) is 46.6 Å². The number of amides is 1. The van der Waals surface area contributed by atoms with Crippen molar-refractivity contribution in [2.75, 3.05) is 6.61 Å². The molecule has 9 heteroatoms. The van der Waals surface area contributed by atoms with Crippen LogP contribution < -0.4 is 10.2 Å². The fourth-order valence-electron chi connectivity index (χ4n) is 4.09. The molecular weight excluding hydrogens is 459 g/mol. The first-order valence-electron chi connectivity index (χ1n) is 12.1. The minimum Gasteiger partial charge on any atom is -0.490 e. The second-order valence-electron chi connectivity index (χ2n) is 11.0. The second-order valence-corrected chi connectivity index (χ2v) is 11.0. The topological polar surface area (TPSA) is 68.8 Å².